The predicted molar refractivity (Wildman–Crippen MR) is 149 cm³/mol. The van der Waals surface area contributed by atoms with Crippen molar-refractivity contribution in [2.75, 3.05) is 11.9 Å². The van der Waals surface area contributed by atoms with Crippen molar-refractivity contribution >= 4 is 17.2 Å². The van der Waals surface area contributed by atoms with Crippen molar-refractivity contribution in [3.8, 4) is 22.9 Å². The van der Waals surface area contributed by atoms with Gasteiger partial charge in [0.05, 0.1) is 23.2 Å². The van der Waals surface area contributed by atoms with Crippen LogP contribution in [0.3, 0.4) is 0 Å². The Labute approximate surface area is 223 Å². The lowest BCUT2D eigenvalue weighted by atomic mass is 10.0. The Kier molecular flexibility index (Phi) is 6.84. The van der Waals surface area contributed by atoms with Gasteiger partial charge in [-0.15, -0.1) is 5.10 Å². The standard InChI is InChI=1S/C30H35N5O3/c1-18(2)20-7-6-8-23(14-20)38-27-15-25(32-17-30(4,5)37)28-31-16-26(35(28)34-27)21-9-12-24(19(3)13-21)29(36)33-22-10-11-22/h6-9,12-16,18,22,32,37H,10-11,17H2,1-5H3,(H,33,36). The lowest BCUT2D eigenvalue weighted by molar-refractivity contribution is 0.0940. The van der Waals surface area contributed by atoms with E-state index in [1.54, 1.807) is 30.6 Å². The van der Waals surface area contributed by atoms with E-state index in [4.69, 9.17) is 9.84 Å². The number of carbonyl (C=O) groups is 1. The van der Waals surface area contributed by atoms with E-state index in [9.17, 15) is 9.90 Å². The second-order valence-corrected chi connectivity index (χ2v) is 11.0. The zero-order chi connectivity index (χ0) is 27.0. The summed E-state index contributed by atoms with van der Waals surface area (Å²) in [5.74, 6) is 1.43. The van der Waals surface area contributed by atoms with Gasteiger partial charge in [-0.1, -0.05) is 32.0 Å². The fourth-order valence-electron chi connectivity index (χ4n) is 4.26. The average molecular weight is 514 g/mol. The van der Waals surface area contributed by atoms with Crippen LogP contribution in [0.4, 0.5) is 5.69 Å². The number of aryl methyl sites for hydroxylation is 1. The second kappa shape index (κ2) is 10.1. The third-order valence-corrected chi connectivity index (χ3v) is 6.58. The molecule has 0 saturated heterocycles. The number of fused-ring (bicyclic) bond motifs is 1. The van der Waals surface area contributed by atoms with Gasteiger partial charge in [0.25, 0.3) is 5.91 Å². The zero-order valence-electron chi connectivity index (χ0n) is 22.6. The van der Waals surface area contributed by atoms with E-state index in [-0.39, 0.29) is 5.91 Å². The number of carbonyl (C=O) groups excluding carboxylic acids is 1. The average Bonchev–Trinajstić information content (AvgIpc) is 3.57. The molecular weight excluding hydrogens is 478 g/mol. The fraction of sp³-hybridized carbons (Fsp3) is 0.367. The number of nitrogens with one attached hydrogen (secondary N) is 2. The number of nitrogens with zero attached hydrogens (tertiary/aromatic N) is 3. The van der Waals surface area contributed by atoms with E-state index in [1.807, 2.05) is 43.3 Å². The molecule has 0 aliphatic heterocycles. The number of aromatic nitrogens is 3. The topological polar surface area (TPSA) is 101 Å². The minimum atomic E-state index is -0.920. The summed E-state index contributed by atoms with van der Waals surface area (Å²) >= 11 is 0. The maximum Gasteiger partial charge on any atom is 0.251 e. The van der Waals surface area contributed by atoms with Crippen LogP contribution in [-0.2, 0) is 0 Å². The molecule has 8 heteroatoms. The van der Waals surface area contributed by atoms with E-state index in [0.29, 0.717) is 47.0 Å². The number of imidazole rings is 1. The lowest BCUT2D eigenvalue weighted by Gasteiger charge is -2.19. The summed E-state index contributed by atoms with van der Waals surface area (Å²) in [6.07, 6.45) is 3.86. The fourth-order valence-corrected chi connectivity index (χ4v) is 4.26. The third-order valence-electron chi connectivity index (χ3n) is 6.58. The van der Waals surface area contributed by atoms with Gasteiger partial charge < -0.3 is 20.5 Å². The quantitative estimate of drug-likeness (QED) is 0.266. The van der Waals surface area contributed by atoms with Crippen molar-refractivity contribution in [1.29, 1.82) is 0 Å². The number of hydrogen-bond donors (Lipinski definition) is 3. The van der Waals surface area contributed by atoms with Crippen molar-refractivity contribution in [2.24, 2.45) is 0 Å². The molecular formula is C30H35N5O3. The Bertz CT molecular complexity index is 1480. The van der Waals surface area contributed by atoms with E-state index < -0.39 is 5.60 Å². The first-order chi connectivity index (χ1) is 18.1. The Morgan fingerprint density at radius 3 is 2.66 bits per heavy atom. The van der Waals surface area contributed by atoms with E-state index >= 15 is 0 Å². The van der Waals surface area contributed by atoms with Crippen molar-refractivity contribution in [3.05, 3.63) is 71.4 Å². The van der Waals surface area contributed by atoms with Crippen LogP contribution >= 0.6 is 0 Å². The minimum absolute atomic E-state index is 0.0368. The molecule has 38 heavy (non-hydrogen) atoms. The van der Waals surface area contributed by atoms with Gasteiger partial charge in [0.1, 0.15) is 5.75 Å². The summed E-state index contributed by atoms with van der Waals surface area (Å²) in [4.78, 5) is 17.3. The Balaban J connectivity index is 1.53. The van der Waals surface area contributed by atoms with E-state index in [0.717, 1.165) is 29.7 Å². The molecule has 2 aromatic heterocycles. The first-order valence-corrected chi connectivity index (χ1v) is 13.1. The number of hydrogen-bond acceptors (Lipinski definition) is 6. The van der Waals surface area contributed by atoms with Gasteiger partial charge in [0, 0.05) is 29.8 Å². The van der Waals surface area contributed by atoms with Gasteiger partial charge in [0.15, 0.2) is 5.65 Å². The normalized spacial score (nSPS) is 13.7. The summed E-state index contributed by atoms with van der Waals surface area (Å²) in [5, 5.41) is 21.4. The molecule has 1 saturated carbocycles. The van der Waals surface area contributed by atoms with Gasteiger partial charge >= 0.3 is 0 Å². The monoisotopic (exact) mass is 513 g/mol. The highest BCUT2D eigenvalue weighted by Gasteiger charge is 2.25. The molecule has 1 amide bonds. The molecule has 2 aromatic carbocycles. The maximum atomic E-state index is 12.6. The molecule has 0 unspecified atom stereocenters. The van der Waals surface area contributed by atoms with Gasteiger partial charge in [-0.25, -0.2) is 9.50 Å². The Morgan fingerprint density at radius 2 is 1.97 bits per heavy atom. The molecule has 8 nitrogen and oxygen atoms in total. The highest BCUT2D eigenvalue weighted by Crippen LogP contribution is 2.31. The Morgan fingerprint density at radius 1 is 1.18 bits per heavy atom. The highest BCUT2D eigenvalue weighted by molar-refractivity contribution is 5.96. The van der Waals surface area contributed by atoms with Crippen LogP contribution in [-0.4, -0.2) is 43.8 Å². The number of amides is 1. The van der Waals surface area contributed by atoms with Crippen molar-refractivity contribution in [2.45, 2.75) is 65.0 Å². The zero-order valence-corrected chi connectivity index (χ0v) is 22.6. The maximum absolute atomic E-state index is 12.6. The molecule has 198 valence electrons. The van der Waals surface area contributed by atoms with Crippen molar-refractivity contribution in [1.82, 2.24) is 19.9 Å². The minimum Gasteiger partial charge on any atom is -0.437 e. The number of ether oxygens (including phenoxy) is 1. The SMILES string of the molecule is Cc1cc(-c2cnc3c(NCC(C)(C)O)cc(Oc4cccc(C(C)C)c4)nn23)ccc1C(=O)NC1CC1. The van der Waals surface area contributed by atoms with Crippen LogP contribution in [0.25, 0.3) is 16.9 Å². The summed E-state index contributed by atoms with van der Waals surface area (Å²) < 4.78 is 7.96. The summed E-state index contributed by atoms with van der Waals surface area (Å²) in [6, 6.07) is 15.8. The van der Waals surface area contributed by atoms with Crippen LogP contribution in [0.1, 0.15) is 67.9 Å². The van der Waals surface area contributed by atoms with Gasteiger partial charge in [-0.3, -0.25) is 4.79 Å². The lowest BCUT2D eigenvalue weighted by Crippen LogP contribution is -2.29. The van der Waals surface area contributed by atoms with Crippen LogP contribution < -0.4 is 15.4 Å². The highest BCUT2D eigenvalue weighted by atomic mass is 16.5. The third kappa shape index (κ3) is 5.81. The van der Waals surface area contributed by atoms with Crippen molar-refractivity contribution < 1.29 is 14.6 Å². The number of anilines is 1. The number of aliphatic hydroxyl groups is 1. The molecule has 0 radical (unpaired) electrons. The van der Waals surface area contributed by atoms with Gasteiger partial charge in [0.2, 0.25) is 5.88 Å². The van der Waals surface area contributed by atoms with Crippen molar-refractivity contribution in [3.63, 3.8) is 0 Å². The summed E-state index contributed by atoms with van der Waals surface area (Å²) in [5.41, 5.74) is 4.77. The molecule has 1 aliphatic rings. The van der Waals surface area contributed by atoms with Crippen LogP contribution in [0.5, 0.6) is 11.6 Å². The van der Waals surface area contributed by atoms with Gasteiger partial charge in [-0.2, -0.15) is 0 Å². The molecule has 0 atom stereocenters. The second-order valence-electron chi connectivity index (χ2n) is 11.0. The molecule has 0 spiro atoms. The largest absolute Gasteiger partial charge is 0.437 e. The number of benzene rings is 2. The predicted octanol–water partition coefficient (Wildman–Crippen LogP) is 5.70. The molecule has 5 rings (SSSR count). The molecule has 1 aliphatic carbocycles. The summed E-state index contributed by atoms with van der Waals surface area (Å²) in [6.45, 7) is 10.0. The van der Waals surface area contributed by atoms with E-state index in [1.165, 1.54) is 5.56 Å². The first kappa shape index (κ1) is 25.7. The summed E-state index contributed by atoms with van der Waals surface area (Å²) in [7, 11) is 0. The molecule has 2 heterocycles. The van der Waals surface area contributed by atoms with Crippen LogP contribution in [0.15, 0.2) is 54.7 Å². The van der Waals surface area contributed by atoms with E-state index in [2.05, 4.69) is 35.5 Å². The van der Waals surface area contributed by atoms with Gasteiger partial charge in [-0.05, 0) is 74.9 Å². The molecule has 4 aromatic rings. The number of rotatable bonds is 9. The molecule has 3 N–H and O–H groups in total. The first-order valence-electron chi connectivity index (χ1n) is 13.1. The van der Waals surface area contributed by atoms with Crippen LogP contribution in [0.2, 0.25) is 0 Å². The smallest absolute Gasteiger partial charge is 0.251 e. The molecule has 0 bridgehead atoms. The Hall–Kier alpha value is -3.91. The van der Waals surface area contributed by atoms with Crippen LogP contribution in [0, 0.1) is 6.92 Å². The molecule has 1 fully saturated rings.